The van der Waals surface area contributed by atoms with Crippen molar-refractivity contribution in [2.24, 2.45) is 11.5 Å². The zero-order valence-electron chi connectivity index (χ0n) is 8.08. The van der Waals surface area contributed by atoms with Crippen LogP contribution in [0.5, 0.6) is 0 Å². The summed E-state index contributed by atoms with van der Waals surface area (Å²) >= 11 is 0. The molecule has 0 spiro atoms. The molecule has 0 saturated heterocycles. The van der Waals surface area contributed by atoms with Crippen LogP contribution in [-0.4, -0.2) is 17.7 Å². The number of hydrogen-bond acceptors (Lipinski definition) is 3. The monoisotopic (exact) mass is 186 g/mol. The Morgan fingerprint density at radius 1 is 1.31 bits per heavy atom. The van der Waals surface area contributed by atoms with E-state index in [0.29, 0.717) is 6.42 Å². The van der Waals surface area contributed by atoms with Crippen LogP contribution in [0.15, 0.2) is 0 Å². The summed E-state index contributed by atoms with van der Waals surface area (Å²) in [6, 6.07) is -0.700. The van der Waals surface area contributed by atoms with E-state index in [1.165, 1.54) is 0 Å². The summed E-state index contributed by atoms with van der Waals surface area (Å²) in [5.74, 6) is -0.580. The fourth-order valence-electron chi connectivity index (χ4n) is 1.07. The largest absolute Gasteiger partial charge is 0.370 e. The first-order chi connectivity index (χ1) is 6.07. The van der Waals surface area contributed by atoms with Gasteiger partial charge in [0.15, 0.2) is 0 Å². The minimum atomic E-state index is -0.700. The van der Waals surface area contributed by atoms with Gasteiger partial charge in [0.05, 0.1) is 6.04 Å². The smallest absolute Gasteiger partial charge is 0.219 e. The Morgan fingerprint density at radius 3 is 2.38 bits per heavy atom. The van der Waals surface area contributed by atoms with E-state index in [1.807, 2.05) is 0 Å². The average Bonchev–Trinajstić information content (AvgIpc) is 2.03. The molecule has 0 aliphatic carbocycles. The molecule has 0 aromatic rings. The summed E-state index contributed by atoms with van der Waals surface area (Å²) in [4.78, 5) is 21.7. The van der Waals surface area contributed by atoms with Crippen molar-refractivity contribution in [3.05, 3.63) is 0 Å². The van der Waals surface area contributed by atoms with Crippen LogP contribution in [0.1, 0.15) is 39.0 Å². The summed E-state index contributed by atoms with van der Waals surface area (Å²) in [6.45, 7) is 2.06. The van der Waals surface area contributed by atoms with Gasteiger partial charge in [-0.2, -0.15) is 0 Å². The average molecular weight is 186 g/mol. The molecule has 0 aliphatic heterocycles. The van der Waals surface area contributed by atoms with E-state index in [-0.39, 0.29) is 12.2 Å². The summed E-state index contributed by atoms with van der Waals surface area (Å²) in [7, 11) is 0. The molecule has 0 aromatic carbocycles. The van der Waals surface area contributed by atoms with Crippen LogP contribution in [0.4, 0.5) is 0 Å². The van der Waals surface area contributed by atoms with Gasteiger partial charge in [0.2, 0.25) is 5.91 Å². The van der Waals surface area contributed by atoms with Crippen LogP contribution >= 0.6 is 0 Å². The van der Waals surface area contributed by atoms with Crippen molar-refractivity contribution >= 4 is 11.7 Å². The maximum absolute atomic E-state index is 11.2. The number of ketones is 1. The number of hydrogen-bond donors (Lipinski definition) is 2. The molecule has 13 heavy (non-hydrogen) atoms. The highest BCUT2D eigenvalue weighted by atomic mass is 16.1. The van der Waals surface area contributed by atoms with Crippen molar-refractivity contribution in [3.63, 3.8) is 0 Å². The zero-order chi connectivity index (χ0) is 10.3. The SMILES string of the molecule is CCCCCC(=O)[C@@H](N)CC(N)=O. The molecule has 0 bridgehead atoms. The second-order valence-electron chi connectivity index (χ2n) is 3.20. The highest BCUT2D eigenvalue weighted by molar-refractivity contribution is 5.88. The minimum absolute atomic E-state index is 0.0367. The van der Waals surface area contributed by atoms with E-state index in [4.69, 9.17) is 11.5 Å². The van der Waals surface area contributed by atoms with Gasteiger partial charge >= 0.3 is 0 Å². The van der Waals surface area contributed by atoms with Crippen LogP contribution in [0.3, 0.4) is 0 Å². The Bertz CT molecular complexity index is 180. The maximum Gasteiger partial charge on any atom is 0.219 e. The zero-order valence-corrected chi connectivity index (χ0v) is 8.08. The Kier molecular flexibility index (Phi) is 6.14. The van der Waals surface area contributed by atoms with Crippen LogP contribution < -0.4 is 11.5 Å². The van der Waals surface area contributed by atoms with E-state index < -0.39 is 11.9 Å². The molecular weight excluding hydrogens is 168 g/mol. The van der Waals surface area contributed by atoms with E-state index in [0.717, 1.165) is 19.3 Å². The van der Waals surface area contributed by atoms with Crippen LogP contribution in [0.2, 0.25) is 0 Å². The van der Waals surface area contributed by atoms with Crippen LogP contribution in [0, 0.1) is 0 Å². The van der Waals surface area contributed by atoms with Crippen molar-refractivity contribution in [2.45, 2.75) is 45.1 Å². The third-order valence-corrected chi connectivity index (χ3v) is 1.86. The number of nitrogens with two attached hydrogens (primary N) is 2. The predicted octanol–water partition coefficient (Wildman–Crippen LogP) is 0.338. The topological polar surface area (TPSA) is 86.2 Å². The van der Waals surface area contributed by atoms with Gasteiger partial charge in [-0.15, -0.1) is 0 Å². The summed E-state index contributed by atoms with van der Waals surface area (Å²) < 4.78 is 0. The molecule has 4 nitrogen and oxygen atoms in total. The van der Waals surface area contributed by atoms with Gasteiger partial charge in [-0.1, -0.05) is 19.8 Å². The van der Waals surface area contributed by atoms with Gasteiger partial charge in [0.1, 0.15) is 5.78 Å². The van der Waals surface area contributed by atoms with Crippen LogP contribution in [-0.2, 0) is 9.59 Å². The third-order valence-electron chi connectivity index (χ3n) is 1.86. The van der Waals surface area contributed by atoms with E-state index >= 15 is 0 Å². The van der Waals surface area contributed by atoms with Gasteiger partial charge in [-0.3, -0.25) is 9.59 Å². The lowest BCUT2D eigenvalue weighted by Gasteiger charge is -2.07. The molecular formula is C9H18N2O2. The van der Waals surface area contributed by atoms with E-state index in [9.17, 15) is 9.59 Å². The summed E-state index contributed by atoms with van der Waals surface area (Å²) in [5.41, 5.74) is 10.4. The number of carbonyl (C=O) groups excluding carboxylic acids is 2. The molecule has 0 unspecified atom stereocenters. The van der Waals surface area contributed by atoms with Crippen molar-refractivity contribution in [2.75, 3.05) is 0 Å². The van der Waals surface area contributed by atoms with Crippen molar-refractivity contribution in [1.82, 2.24) is 0 Å². The molecule has 1 atom stereocenters. The lowest BCUT2D eigenvalue weighted by atomic mass is 10.0. The van der Waals surface area contributed by atoms with Crippen molar-refractivity contribution in [1.29, 1.82) is 0 Å². The molecule has 0 fully saturated rings. The summed E-state index contributed by atoms with van der Waals surface area (Å²) in [6.07, 6.45) is 3.36. The van der Waals surface area contributed by atoms with Crippen molar-refractivity contribution < 1.29 is 9.59 Å². The molecule has 0 aliphatic rings. The quantitative estimate of drug-likeness (QED) is 0.562. The lowest BCUT2D eigenvalue weighted by Crippen LogP contribution is -2.34. The third kappa shape index (κ3) is 6.28. The standard InChI is InChI=1S/C9H18N2O2/c1-2-3-4-5-8(12)7(10)6-9(11)13/h7H,2-6,10H2,1H3,(H2,11,13)/t7-/m0/s1. The molecule has 0 saturated carbocycles. The van der Waals surface area contributed by atoms with E-state index in [1.54, 1.807) is 0 Å². The number of amides is 1. The maximum atomic E-state index is 11.2. The molecule has 0 aromatic heterocycles. The fourth-order valence-corrected chi connectivity index (χ4v) is 1.07. The highest BCUT2D eigenvalue weighted by Gasteiger charge is 2.14. The summed E-state index contributed by atoms with van der Waals surface area (Å²) in [5, 5.41) is 0. The molecule has 0 radical (unpaired) electrons. The first-order valence-corrected chi connectivity index (χ1v) is 4.64. The highest BCUT2D eigenvalue weighted by Crippen LogP contribution is 2.02. The predicted molar refractivity (Wildman–Crippen MR) is 50.9 cm³/mol. The Balaban J connectivity index is 3.63. The van der Waals surface area contributed by atoms with E-state index in [2.05, 4.69) is 6.92 Å². The number of Topliss-reactive ketones (excluding diaryl/α,β-unsaturated/α-hetero) is 1. The fraction of sp³-hybridized carbons (Fsp3) is 0.778. The van der Waals surface area contributed by atoms with Gasteiger partial charge in [0.25, 0.3) is 0 Å². The number of unbranched alkanes of at least 4 members (excludes halogenated alkanes) is 2. The Hall–Kier alpha value is -0.900. The Morgan fingerprint density at radius 2 is 1.92 bits per heavy atom. The lowest BCUT2D eigenvalue weighted by molar-refractivity contribution is -0.125. The second-order valence-corrected chi connectivity index (χ2v) is 3.20. The number of rotatable bonds is 7. The second kappa shape index (κ2) is 6.60. The van der Waals surface area contributed by atoms with Gasteiger partial charge in [-0.05, 0) is 6.42 Å². The molecule has 4 heteroatoms. The van der Waals surface area contributed by atoms with Crippen molar-refractivity contribution in [3.8, 4) is 0 Å². The molecule has 0 rings (SSSR count). The molecule has 0 heterocycles. The molecule has 76 valence electrons. The van der Waals surface area contributed by atoms with Gasteiger partial charge < -0.3 is 11.5 Å². The molecule has 4 N–H and O–H groups in total. The Labute approximate surface area is 78.7 Å². The van der Waals surface area contributed by atoms with Gasteiger partial charge in [0, 0.05) is 12.8 Å². The van der Waals surface area contributed by atoms with Gasteiger partial charge in [-0.25, -0.2) is 0 Å². The first-order valence-electron chi connectivity index (χ1n) is 4.64. The number of primary amides is 1. The molecule has 1 amide bonds. The normalized spacial score (nSPS) is 12.5. The first kappa shape index (κ1) is 12.1. The van der Waals surface area contributed by atoms with Crippen LogP contribution in [0.25, 0.3) is 0 Å². The minimum Gasteiger partial charge on any atom is -0.370 e. The number of carbonyl (C=O) groups is 2.